The zero-order valence-corrected chi connectivity index (χ0v) is 13.1. The molecule has 2 aromatic rings. The molecule has 1 saturated heterocycles. The fraction of sp³-hybridized carbons (Fsp3) is 0.316. The van der Waals surface area contributed by atoms with Crippen LogP contribution < -0.4 is 0 Å². The van der Waals surface area contributed by atoms with Gasteiger partial charge in [0, 0.05) is 22.7 Å². The van der Waals surface area contributed by atoms with Crippen LogP contribution in [0.1, 0.15) is 18.4 Å². The number of allylic oxidation sites excluding steroid dienone is 2. The number of rotatable bonds is 2. The summed E-state index contributed by atoms with van der Waals surface area (Å²) in [6.07, 6.45) is 9.70. The van der Waals surface area contributed by atoms with E-state index in [0.29, 0.717) is 0 Å². The van der Waals surface area contributed by atoms with Gasteiger partial charge < -0.3 is 4.98 Å². The number of benzene rings is 1. The smallest absolute Gasteiger partial charge is 0.254 e. The molecule has 1 N–H and O–H groups in total. The Balaban J connectivity index is 1.48. The number of H-pyrrole nitrogens is 1. The molecule has 1 aromatic heterocycles. The van der Waals surface area contributed by atoms with Gasteiger partial charge in [0.1, 0.15) is 0 Å². The first kappa shape index (κ1) is 13.7. The number of hydrogen-bond donors (Lipinski definition) is 1. The maximum atomic E-state index is 12.7. The molecule has 2 amide bonds. The standard InChI is InChI=1S/C19H17N3O2/c23-18-16-11-5-6-12(8-7-11)17(16)19(24)22(18)21-10-13-9-20-15-4-2-1-3-14(13)15/h1-6,9-12,16-17,20H,7-8H2/b21-10+/t11-,12-,16-,17-/m0/s1. The summed E-state index contributed by atoms with van der Waals surface area (Å²) in [5.74, 6) is -0.294. The van der Waals surface area contributed by atoms with Crippen molar-refractivity contribution in [2.45, 2.75) is 12.8 Å². The van der Waals surface area contributed by atoms with Crippen LogP contribution in [0.15, 0.2) is 47.7 Å². The first-order valence-corrected chi connectivity index (χ1v) is 8.40. The van der Waals surface area contributed by atoms with Gasteiger partial charge in [0.05, 0.1) is 18.1 Å². The van der Waals surface area contributed by atoms with Gasteiger partial charge in [0.2, 0.25) is 0 Å². The second kappa shape index (κ2) is 4.90. The molecule has 6 rings (SSSR count). The maximum Gasteiger partial charge on any atom is 0.254 e. The third kappa shape index (κ3) is 1.78. The lowest BCUT2D eigenvalue weighted by molar-refractivity contribution is -0.140. The van der Waals surface area contributed by atoms with E-state index >= 15 is 0 Å². The van der Waals surface area contributed by atoms with Crippen molar-refractivity contribution in [3.63, 3.8) is 0 Å². The summed E-state index contributed by atoms with van der Waals surface area (Å²) in [7, 11) is 0. The fourth-order valence-corrected chi connectivity index (χ4v) is 4.49. The highest BCUT2D eigenvalue weighted by atomic mass is 16.2. The van der Waals surface area contributed by atoms with Crippen molar-refractivity contribution in [1.29, 1.82) is 0 Å². The van der Waals surface area contributed by atoms with Crippen LogP contribution in [0.4, 0.5) is 0 Å². The summed E-state index contributed by atoms with van der Waals surface area (Å²) in [6, 6.07) is 7.89. The number of amides is 2. The van der Waals surface area contributed by atoms with E-state index in [2.05, 4.69) is 22.2 Å². The lowest BCUT2D eigenvalue weighted by atomic mass is 9.63. The zero-order valence-electron chi connectivity index (χ0n) is 13.1. The molecule has 0 radical (unpaired) electrons. The van der Waals surface area contributed by atoms with Gasteiger partial charge in [0.25, 0.3) is 11.8 Å². The summed E-state index contributed by atoms with van der Waals surface area (Å²) >= 11 is 0. The van der Waals surface area contributed by atoms with Gasteiger partial charge in [-0.3, -0.25) is 9.59 Å². The molecule has 2 bridgehead atoms. The molecule has 5 heteroatoms. The molecule has 2 fully saturated rings. The Morgan fingerprint density at radius 1 is 1.04 bits per heavy atom. The lowest BCUT2D eigenvalue weighted by Gasteiger charge is -2.37. The molecular formula is C19H17N3O2. The van der Waals surface area contributed by atoms with E-state index < -0.39 is 0 Å². The number of carbonyl (C=O) groups excluding carboxylic acids is 2. The molecule has 0 spiro atoms. The topological polar surface area (TPSA) is 65.5 Å². The van der Waals surface area contributed by atoms with Crippen molar-refractivity contribution in [2.24, 2.45) is 28.8 Å². The van der Waals surface area contributed by atoms with Gasteiger partial charge in [-0.1, -0.05) is 30.4 Å². The van der Waals surface area contributed by atoms with Crippen LogP contribution in [0.2, 0.25) is 0 Å². The van der Waals surface area contributed by atoms with Crippen LogP contribution >= 0.6 is 0 Å². The summed E-state index contributed by atoms with van der Waals surface area (Å²) in [5, 5.41) is 6.39. The molecule has 4 atom stereocenters. The third-order valence-electron chi connectivity index (χ3n) is 5.67. The molecule has 3 aliphatic carbocycles. The number of carbonyl (C=O) groups is 2. The van der Waals surface area contributed by atoms with Crippen LogP contribution in [0, 0.1) is 23.7 Å². The highest BCUT2D eigenvalue weighted by Gasteiger charge is 2.56. The van der Waals surface area contributed by atoms with Crippen molar-refractivity contribution >= 4 is 28.9 Å². The summed E-state index contributed by atoms with van der Waals surface area (Å²) in [5.41, 5.74) is 1.89. The van der Waals surface area contributed by atoms with Gasteiger partial charge in [-0.15, -0.1) is 0 Å². The molecule has 0 unspecified atom stereocenters. The summed E-state index contributed by atoms with van der Waals surface area (Å²) in [4.78, 5) is 28.6. The van der Waals surface area contributed by atoms with Crippen molar-refractivity contribution in [1.82, 2.24) is 9.99 Å². The number of aromatic amines is 1. The van der Waals surface area contributed by atoms with Crippen LogP contribution in [0.25, 0.3) is 10.9 Å². The number of imide groups is 1. The van der Waals surface area contributed by atoms with E-state index in [4.69, 9.17) is 0 Å². The van der Waals surface area contributed by atoms with Gasteiger partial charge in [-0.2, -0.15) is 10.1 Å². The van der Waals surface area contributed by atoms with Crippen molar-refractivity contribution in [2.75, 3.05) is 0 Å². The average Bonchev–Trinajstić information content (AvgIpc) is 3.15. The average molecular weight is 319 g/mol. The monoisotopic (exact) mass is 319 g/mol. The molecule has 4 aliphatic rings. The maximum absolute atomic E-state index is 12.7. The Kier molecular flexibility index (Phi) is 2.80. The van der Waals surface area contributed by atoms with Crippen LogP contribution in [-0.2, 0) is 9.59 Å². The Hall–Kier alpha value is -2.69. The summed E-state index contributed by atoms with van der Waals surface area (Å²) in [6.45, 7) is 0. The van der Waals surface area contributed by atoms with Crippen molar-refractivity contribution < 1.29 is 9.59 Å². The largest absolute Gasteiger partial charge is 0.361 e. The zero-order chi connectivity index (χ0) is 16.3. The second-order valence-corrected chi connectivity index (χ2v) is 6.86. The minimum absolute atomic E-state index is 0.139. The molecule has 1 saturated carbocycles. The summed E-state index contributed by atoms with van der Waals surface area (Å²) < 4.78 is 0. The number of aromatic nitrogens is 1. The van der Waals surface area contributed by atoms with Gasteiger partial charge in [-0.05, 0) is 30.7 Å². The molecule has 24 heavy (non-hydrogen) atoms. The predicted octanol–water partition coefficient (Wildman–Crippen LogP) is 2.70. The van der Waals surface area contributed by atoms with E-state index in [1.165, 1.54) is 0 Å². The Morgan fingerprint density at radius 3 is 2.38 bits per heavy atom. The highest BCUT2D eigenvalue weighted by Crippen LogP contribution is 2.49. The molecule has 1 aliphatic heterocycles. The number of nitrogens with one attached hydrogen (secondary N) is 1. The second-order valence-electron chi connectivity index (χ2n) is 6.86. The highest BCUT2D eigenvalue weighted by molar-refractivity contribution is 6.07. The number of para-hydroxylation sites is 1. The van der Waals surface area contributed by atoms with E-state index in [0.717, 1.165) is 34.3 Å². The minimum Gasteiger partial charge on any atom is -0.361 e. The molecular weight excluding hydrogens is 302 g/mol. The Morgan fingerprint density at radius 2 is 1.71 bits per heavy atom. The van der Waals surface area contributed by atoms with E-state index in [-0.39, 0.29) is 35.5 Å². The molecule has 120 valence electrons. The van der Waals surface area contributed by atoms with Crippen LogP contribution in [0.5, 0.6) is 0 Å². The lowest BCUT2D eigenvalue weighted by Crippen LogP contribution is -2.38. The van der Waals surface area contributed by atoms with E-state index in [9.17, 15) is 9.59 Å². The first-order chi connectivity index (χ1) is 11.7. The van der Waals surface area contributed by atoms with Crippen LogP contribution in [0.3, 0.4) is 0 Å². The molecule has 1 aromatic carbocycles. The quantitative estimate of drug-likeness (QED) is 0.525. The van der Waals surface area contributed by atoms with Crippen molar-refractivity contribution in [3.8, 4) is 0 Å². The van der Waals surface area contributed by atoms with Crippen LogP contribution in [-0.4, -0.2) is 28.0 Å². The van der Waals surface area contributed by atoms with Gasteiger partial charge >= 0.3 is 0 Å². The normalized spacial score (nSPS) is 31.6. The Labute approximate surface area is 139 Å². The van der Waals surface area contributed by atoms with E-state index in [1.807, 2.05) is 30.5 Å². The Bertz CT molecular complexity index is 878. The molecule has 5 nitrogen and oxygen atoms in total. The SMILES string of the molecule is O=C1[C@@H]2[C@@H](C(=O)N1/N=C/c1c[nH]c3ccccc13)[C@H]1C=C[C@H]2CC1. The third-order valence-corrected chi connectivity index (χ3v) is 5.67. The van der Waals surface area contributed by atoms with Gasteiger partial charge in [-0.25, -0.2) is 0 Å². The number of fused-ring (bicyclic) bond motifs is 2. The van der Waals surface area contributed by atoms with E-state index in [1.54, 1.807) is 6.21 Å². The first-order valence-electron chi connectivity index (χ1n) is 8.40. The molecule has 2 heterocycles. The number of hydrazone groups is 1. The van der Waals surface area contributed by atoms with Gasteiger partial charge in [0.15, 0.2) is 0 Å². The number of hydrogen-bond acceptors (Lipinski definition) is 3. The predicted molar refractivity (Wildman–Crippen MR) is 90.1 cm³/mol. The van der Waals surface area contributed by atoms with Crippen molar-refractivity contribution in [3.05, 3.63) is 48.2 Å². The fourth-order valence-electron chi connectivity index (χ4n) is 4.49. The number of nitrogens with zero attached hydrogens (tertiary/aromatic N) is 2. The minimum atomic E-state index is -0.207.